The third-order valence-electron chi connectivity index (χ3n) is 5.54. The Labute approximate surface area is 216 Å². The Morgan fingerprint density at radius 2 is 1.94 bits per heavy atom. The van der Waals surface area contributed by atoms with E-state index in [-0.39, 0.29) is 12.5 Å². The van der Waals surface area contributed by atoms with Gasteiger partial charge in [0.15, 0.2) is 5.01 Å². The van der Waals surface area contributed by atoms with E-state index in [4.69, 9.17) is 16.9 Å². The van der Waals surface area contributed by atoms with Gasteiger partial charge in [0.2, 0.25) is 0 Å². The van der Waals surface area contributed by atoms with Gasteiger partial charge >= 0.3 is 12.0 Å². The van der Waals surface area contributed by atoms with Crippen molar-refractivity contribution in [2.45, 2.75) is 25.9 Å². The summed E-state index contributed by atoms with van der Waals surface area (Å²) >= 11 is 2.84. The molecular formula is C26H25N5O3S2. The van der Waals surface area contributed by atoms with Crippen molar-refractivity contribution in [3.05, 3.63) is 63.9 Å². The van der Waals surface area contributed by atoms with Crippen LogP contribution < -0.4 is 16.4 Å². The summed E-state index contributed by atoms with van der Waals surface area (Å²) in [5.41, 5.74) is 11.5. The number of anilines is 1. The van der Waals surface area contributed by atoms with E-state index in [2.05, 4.69) is 26.5 Å². The van der Waals surface area contributed by atoms with Crippen LogP contribution in [0.2, 0.25) is 0 Å². The minimum absolute atomic E-state index is 0.0732. The highest BCUT2D eigenvalue weighted by Crippen LogP contribution is 2.31. The Hall–Kier alpha value is -3.78. The van der Waals surface area contributed by atoms with E-state index in [0.29, 0.717) is 10.8 Å². The molecule has 0 spiro atoms. The third kappa shape index (κ3) is 5.88. The number of carbonyl (C=O) groups is 2. The van der Waals surface area contributed by atoms with Gasteiger partial charge in [0.25, 0.3) is 0 Å². The number of hydrogen-bond acceptors (Lipinski definition) is 8. The Balaban J connectivity index is 1.53. The van der Waals surface area contributed by atoms with Crippen LogP contribution >= 0.6 is 22.7 Å². The van der Waals surface area contributed by atoms with E-state index in [1.807, 2.05) is 61.8 Å². The zero-order chi connectivity index (χ0) is 25.7. The van der Waals surface area contributed by atoms with Gasteiger partial charge in [-0.05, 0) is 29.0 Å². The molecule has 10 heteroatoms. The van der Waals surface area contributed by atoms with Gasteiger partial charge in [0, 0.05) is 10.9 Å². The predicted octanol–water partition coefficient (Wildman–Crippen LogP) is 4.79. The zero-order valence-electron chi connectivity index (χ0n) is 19.7. The number of nitrogens with two attached hydrogens (primary N) is 1. The highest BCUT2D eigenvalue weighted by Gasteiger charge is 2.23. The molecule has 2 amide bonds. The summed E-state index contributed by atoms with van der Waals surface area (Å²) in [7, 11) is 0. The first-order valence-corrected chi connectivity index (χ1v) is 13.0. The van der Waals surface area contributed by atoms with E-state index < -0.39 is 24.1 Å². The SMILES string of the molecule is C#Cc1nc(NC(=O)NC(COC(=O)C(N)C(C)C)c2ccc(-c3cccc4ncsc34)cc2)cs1. The highest BCUT2D eigenvalue weighted by molar-refractivity contribution is 7.17. The lowest BCUT2D eigenvalue weighted by Gasteiger charge is -2.21. The molecule has 0 aliphatic carbocycles. The summed E-state index contributed by atoms with van der Waals surface area (Å²) in [6, 6.07) is 11.9. The predicted molar refractivity (Wildman–Crippen MR) is 144 cm³/mol. The van der Waals surface area contributed by atoms with E-state index in [0.717, 1.165) is 26.9 Å². The molecular weight excluding hydrogens is 494 g/mol. The quantitative estimate of drug-likeness (QED) is 0.227. The fraction of sp³-hybridized carbons (Fsp3) is 0.231. The van der Waals surface area contributed by atoms with Crippen LogP contribution in [0.1, 0.15) is 30.5 Å². The molecule has 8 nitrogen and oxygen atoms in total. The molecule has 0 saturated heterocycles. The number of hydrogen-bond donors (Lipinski definition) is 3. The Morgan fingerprint density at radius 1 is 1.17 bits per heavy atom. The van der Waals surface area contributed by atoms with Crippen LogP contribution in [0.15, 0.2) is 53.4 Å². The van der Waals surface area contributed by atoms with Crippen LogP contribution in [0.5, 0.6) is 0 Å². The van der Waals surface area contributed by atoms with Gasteiger partial charge in [-0.25, -0.2) is 14.8 Å². The summed E-state index contributed by atoms with van der Waals surface area (Å²) < 4.78 is 6.57. The molecule has 0 aliphatic rings. The van der Waals surface area contributed by atoms with Crippen molar-refractivity contribution >= 4 is 50.7 Å². The van der Waals surface area contributed by atoms with Gasteiger partial charge in [0.05, 0.1) is 21.8 Å². The average molecular weight is 520 g/mol. The molecule has 2 atom stereocenters. The van der Waals surface area contributed by atoms with Crippen LogP contribution in [-0.4, -0.2) is 34.6 Å². The standard InChI is InChI=1S/C26H25N5O3S2/c1-4-22-30-21(13-35-22)31-26(33)29-20(12-34-25(32)23(27)15(2)3)17-10-8-16(9-11-17)18-6-5-7-19-24(18)36-14-28-19/h1,5-11,13-15,20,23H,12,27H2,2-3H3,(H2,29,31,33). The van der Waals surface area contributed by atoms with Crippen molar-refractivity contribution in [1.82, 2.24) is 15.3 Å². The molecule has 0 aliphatic heterocycles. The molecule has 4 rings (SSSR count). The highest BCUT2D eigenvalue weighted by atomic mass is 32.1. The number of carbonyl (C=O) groups excluding carboxylic acids is 2. The number of amides is 2. The van der Waals surface area contributed by atoms with Gasteiger partial charge in [-0.3, -0.25) is 10.1 Å². The number of rotatable bonds is 8. The number of nitrogens with zero attached hydrogens (tertiary/aromatic N) is 2. The molecule has 0 bridgehead atoms. The van der Waals surface area contributed by atoms with Crippen LogP contribution in [0.4, 0.5) is 10.6 Å². The van der Waals surface area contributed by atoms with Crippen molar-refractivity contribution in [1.29, 1.82) is 0 Å². The van der Waals surface area contributed by atoms with Crippen molar-refractivity contribution in [2.75, 3.05) is 11.9 Å². The van der Waals surface area contributed by atoms with Gasteiger partial charge in [-0.1, -0.05) is 50.2 Å². The fourth-order valence-corrected chi connectivity index (χ4v) is 4.85. The van der Waals surface area contributed by atoms with Gasteiger partial charge < -0.3 is 15.8 Å². The van der Waals surface area contributed by atoms with Crippen molar-refractivity contribution in [2.24, 2.45) is 11.7 Å². The number of nitrogens with one attached hydrogen (secondary N) is 2. The minimum Gasteiger partial charge on any atom is -0.462 e. The lowest BCUT2D eigenvalue weighted by atomic mass is 10.0. The van der Waals surface area contributed by atoms with Crippen molar-refractivity contribution in [3.63, 3.8) is 0 Å². The van der Waals surface area contributed by atoms with Gasteiger partial charge in [-0.2, -0.15) is 0 Å². The largest absolute Gasteiger partial charge is 0.462 e. The molecule has 4 N–H and O–H groups in total. The summed E-state index contributed by atoms with van der Waals surface area (Å²) in [6.07, 6.45) is 5.35. The number of fused-ring (bicyclic) bond motifs is 1. The summed E-state index contributed by atoms with van der Waals surface area (Å²) in [4.78, 5) is 33.6. The second kappa shape index (κ2) is 11.3. The molecule has 184 valence electrons. The van der Waals surface area contributed by atoms with E-state index in [1.54, 1.807) is 16.7 Å². The Morgan fingerprint density at radius 3 is 2.64 bits per heavy atom. The topological polar surface area (TPSA) is 119 Å². The molecule has 2 heterocycles. The molecule has 0 radical (unpaired) electrons. The number of urea groups is 1. The fourth-order valence-electron chi connectivity index (χ4n) is 3.47. The maximum atomic E-state index is 12.7. The maximum absolute atomic E-state index is 12.7. The number of terminal acetylenes is 1. The van der Waals surface area contributed by atoms with Crippen LogP contribution in [0.3, 0.4) is 0 Å². The lowest BCUT2D eigenvalue weighted by Crippen LogP contribution is -2.40. The van der Waals surface area contributed by atoms with Crippen LogP contribution in [0.25, 0.3) is 21.3 Å². The lowest BCUT2D eigenvalue weighted by molar-refractivity contribution is -0.147. The first-order chi connectivity index (χ1) is 17.4. The Kier molecular flexibility index (Phi) is 7.95. The summed E-state index contributed by atoms with van der Waals surface area (Å²) in [5, 5.41) is 7.63. The smallest absolute Gasteiger partial charge is 0.323 e. The number of aromatic nitrogens is 2. The molecule has 36 heavy (non-hydrogen) atoms. The van der Waals surface area contributed by atoms with Crippen LogP contribution in [0, 0.1) is 18.3 Å². The molecule has 2 unspecified atom stereocenters. The molecule has 0 saturated carbocycles. The number of benzene rings is 2. The first kappa shape index (κ1) is 25.3. The molecule has 2 aromatic heterocycles. The van der Waals surface area contributed by atoms with Gasteiger partial charge in [-0.15, -0.1) is 29.1 Å². The molecule has 4 aromatic rings. The second-order valence-corrected chi connectivity index (χ2v) is 10.1. The normalized spacial score (nSPS) is 12.6. The number of thiazole rings is 2. The van der Waals surface area contributed by atoms with E-state index in [9.17, 15) is 9.59 Å². The molecule has 0 fully saturated rings. The average Bonchev–Trinajstić information content (AvgIpc) is 3.55. The number of ether oxygens (including phenoxy) is 1. The van der Waals surface area contributed by atoms with Crippen LogP contribution in [-0.2, 0) is 9.53 Å². The third-order valence-corrected chi connectivity index (χ3v) is 7.19. The Bertz CT molecular complexity index is 1400. The second-order valence-electron chi connectivity index (χ2n) is 8.36. The van der Waals surface area contributed by atoms with E-state index in [1.165, 1.54) is 11.3 Å². The number of esters is 1. The zero-order valence-corrected chi connectivity index (χ0v) is 21.4. The summed E-state index contributed by atoms with van der Waals surface area (Å²) in [5.74, 6) is 2.18. The maximum Gasteiger partial charge on any atom is 0.323 e. The monoisotopic (exact) mass is 519 g/mol. The van der Waals surface area contributed by atoms with Crippen molar-refractivity contribution < 1.29 is 14.3 Å². The first-order valence-electron chi connectivity index (χ1n) is 11.2. The van der Waals surface area contributed by atoms with Gasteiger partial charge in [0.1, 0.15) is 18.5 Å². The molecule has 2 aromatic carbocycles. The van der Waals surface area contributed by atoms with E-state index >= 15 is 0 Å². The minimum atomic E-state index is -0.751. The van der Waals surface area contributed by atoms with Crippen molar-refractivity contribution in [3.8, 4) is 23.5 Å². The summed E-state index contributed by atoms with van der Waals surface area (Å²) in [6.45, 7) is 3.61.